The Balaban J connectivity index is 3.11. The van der Waals surface area contributed by atoms with Crippen LogP contribution in [0.5, 0.6) is 0 Å². The van der Waals surface area contributed by atoms with Crippen LogP contribution >= 0.6 is 0 Å². The van der Waals surface area contributed by atoms with E-state index in [2.05, 4.69) is 5.10 Å². The highest BCUT2D eigenvalue weighted by Gasteiger charge is 2.18. The van der Waals surface area contributed by atoms with Gasteiger partial charge in [0.2, 0.25) is 0 Å². The van der Waals surface area contributed by atoms with E-state index in [4.69, 9.17) is 0 Å². The van der Waals surface area contributed by atoms with Gasteiger partial charge in [0.1, 0.15) is 0 Å². The molecule has 13 heavy (non-hydrogen) atoms. The van der Waals surface area contributed by atoms with Crippen molar-refractivity contribution in [3.63, 3.8) is 0 Å². The van der Waals surface area contributed by atoms with Crippen LogP contribution in [0.1, 0.15) is 32.4 Å². The molecular formula is C8H13N3O2. The number of hydrogen-bond acceptors (Lipinski definition) is 3. The van der Waals surface area contributed by atoms with E-state index in [1.54, 1.807) is 4.68 Å². The molecule has 1 rings (SSSR count). The summed E-state index contributed by atoms with van der Waals surface area (Å²) in [5.74, 6) is 0.201. The van der Waals surface area contributed by atoms with Gasteiger partial charge in [0.15, 0.2) is 0 Å². The molecule has 0 saturated carbocycles. The van der Waals surface area contributed by atoms with Gasteiger partial charge in [0.05, 0.1) is 23.4 Å². The van der Waals surface area contributed by atoms with Crippen LogP contribution in [-0.4, -0.2) is 14.7 Å². The maximum Gasteiger partial charge on any atom is 0.390 e. The Morgan fingerprint density at radius 2 is 2.31 bits per heavy atom. The third-order valence-electron chi connectivity index (χ3n) is 1.88. The number of aryl methyl sites for hydroxylation is 1. The van der Waals surface area contributed by atoms with Crippen molar-refractivity contribution in [2.45, 2.75) is 33.2 Å². The van der Waals surface area contributed by atoms with Crippen LogP contribution in [-0.2, 0) is 6.54 Å². The van der Waals surface area contributed by atoms with Crippen LogP contribution in [0, 0.1) is 10.1 Å². The molecule has 0 saturated heterocycles. The second-order valence-corrected chi connectivity index (χ2v) is 3.15. The van der Waals surface area contributed by atoms with Crippen LogP contribution in [0.2, 0.25) is 0 Å². The first-order chi connectivity index (χ1) is 6.06. The average Bonchev–Trinajstić information content (AvgIpc) is 2.47. The quantitative estimate of drug-likeness (QED) is 0.531. The Bertz CT molecular complexity index is 317. The minimum atomic E-state index is -0.460. The predicted molar refractivity (Wildman–Crippen MR) is 48.6 cm³/mol. The molecular weight excluding hydrogens is 170 g/mol. The minimum Gasteiger partial charge on any atom is -0.358 e. The Labute approximate surface area is 76.5 Å². The van der Waals surface area contributed by atoms with E-state index in [9.17, 15) is 10.1 Å². The smallest absolute Gasteiger partial charge is 0.358 e. The van der Waals surface area contributed by atoms with E-state index in [1.165, 1.54) is 6.07 Å². The van der Waals surface area contributed by atoms with E-state index in [-0.39, 0.29) is 11.7 Å². The van der Waals surface area contributed by atoms with Crippen molar-refractivity contribution < 1.29 is 4.92 Å². The summed E-state index contributed by atoms with van der Waals surface area (Å²) < 4.78 is 1.67. The van der Waals surface area contributed by atoms with Gasteiger partial charge in [-0.15, -0.1) is 0 Å². The van der Waals surface area contributed by atoms with E-state index in [0.717, 1.165) is 5.69 Å². The van der Waals surface area contributed by atoms with E-state index < -0.39 is 4.92 Å². The highest BCUT2D eigenvalue weighted by atomic mass is 16.6. The molecule has 1 aromatic rings. The lowest BCUT2D eigenvalue weighted by Gasteiger charge is -2.01. The summed E-state index contributed by atoms with van der Waals surface area (Å²) in [6, 6.07) is 1.54. The van der Waals surface area contributed by atoms with Crippen molar-refractivity contribution in [2.75, 3.05) is 0 Å². The van der Waals surface area contributed by atoms with Gasteiger partial charge in [0.25, 0.3) is 0 Å². The molecule has 0 aliphatic heterocycles. The molecule has 0 unspecified atom stereocenters. The second-order valence-electron chi connectivity index (χ2n) is 3.15. The molecule has 0 bridgehead atoms. The molecule has 1 aromatic heterocycles. The Kier molecular flexibility index (Phi) is 2.65. The van der Waals surface area contributed by atoms with Crippen molar-refractivity contribution in [2.24, 2.45) is 0 Å². The normalized spacial score (nSPS) is 10.8. The molecule has 0 fully saturated rings. The van der Waals surface area contributed by atoms with Crippen molar-refractivity contribution in [3.8, 4) is 0 Å². The molecule has 72 valence electrons. The average molecular weight is 183 g/mol. The van der Waals surface area contributed by atoms with Crippen molar-refractivity contribution in [1.29, 1.82) is 0 Å². The van der Waals surface area contributed by atoms with Crippen LogP contribution in [0.4, 0.5) is 5.82 Å². The Morgan fingerprint density at radius 1 is 1.69 bits per heavy atom. The summed E-state index contributed by atoms with van der Waals surface area (Å²) in [6.45, 7) is 6.57. The van der Waals surface area contributed by atoms with E-state index in [1.807, 2.05) is 20.8 Å². The topological polar surface area (TPSA) is 61.0 Å². The lowest BCUT2D eigenvalue weighted by atomic mass is 10.1. The van der Waals surface area contributed by atoms with Crippen molar-refractivity contribution in [3.05, 3.63) is 21.9 Å². The van der Waals surface area contributed by atoms with Gasteiger partial charge in [-0.2, -0.15) is 4.68 Å². The summed E-state index contributed by atoms with van der Waals surface area (Å²) >= 11 is 0. The number of nitro groups is 1. The summed E-state index contributed by atoms with van der Waals surface area (Å²) in [5.41, 5.74) is 0.911. The zero-order chi connectivity index (χ0) is 10.0. The summed E-state index contributed by atoms with van der Waals surface area (Å²) in [5, 5.41) is 14.3. The first-order valence-corrected chi connectivity index (χ1v) is 4.28. The predicted octanol–water partition coefficient (Wildman–Crippen LogP) is 1.93. The third-order valence-corrected chi connectivity index (χ3v) is 1.88. The Morgan fingerprint density at radius 3 is 2.62 bits per heavy atom. The van der Waals surface area contributed by atoms with Crippen LogP contribution in [0.25, 0.3) is 0 Å². The fraction of sp³-hybridized carbons (Fsp3) is 0.625. The first kappa shape index (κ1) is 9.70. The van der Waals surface area contributed by atoms with Crippen LogP contribution < -0.4 is 0 Å². The lowest BCUT2D eigenvalue weighted by Crippen LogP contribution is -2.03. The molecule has 5 heteroatoms. The summed E-state index contributed by atoms with van der Waals surface area (Å²) in [6.07, 6.45) is 0. The molecule has 0 aliphatic rings. The second kappa shape index (κ2) is 3.55. The fourth-order valence-electron chi connectivity index (χ4n) is 1.22. The van der Waals surface area contributed by atoms with Gasteiger partial charge in [-0.3, -0.25) is 0 Å². The molecule has 0 N–H and O–H groups in total. The van der Waals surface area contributed by atoms with Gasteiger partial charge < -0.3 is 10.1 Å². The summed E-state index contributed by atoms with van der Waals surface area (Å²) in [7, 11) is 0. The molecule has 1 heterocycles. The number of nitrogens with zero attached hydrogens (tertiary/aromatic N) is 3. The zero-order valence-corrected chi connectivity index (χ0v) is 8.02. The highest BCUT2D eigenvalue weighted by Crippen LogP contribution is 2.19. The SMILES string of the molecule is CCn1nc([N+](=O)[O-])cc1C(C)C. The molecule has 0 amide bonds. The molecule has 0 atom stereocenters. The van der Waals surface area contributed by atoms with Gasteiger partial charge in [0, 0.05) is 0 Å². The maximum absolute atomic E-state index is 10.4. The molecule has 0 aliphatic carbocycles. The fourth-order valence-corrected chi connectivity index (χ4v) is 1.22. The van der Waals surface area contributed by atoms with Gasteiger partial charge >= 0.3 is 5.82 Å². The lowest BCUT2D eigenvalue weighted by molar-refractivity contribution is -0.389. The minimum absolute atomic E-state index is 0.0643. The molecule has 0 aromatic carbocycles. The van der Waals surface area contributed by atoms with Crippen LogP contribution in [0.15, 0.2) is 6.07 Å². The van der Waals surface area contributed by atoms with E-state index in [0.29, 0.717) is 6.54 Å². The van der Waals surface area contributed by atoms with Crippen molar-refractivity contribution in [1.82, 2.24) is 9.78 Å². The monoisotopic (exact) mass is 183 g/mol. The highest BCUT2D eigenvalue weighted by molar-refractivity contribution is 5.23. The molecule has 0 spiro atoms. The van der Waals surface area contributed by atoms with Gasteiger partial charge in [-0.1, -0.05) is 13.8 Å². The molecule has 0 radical (unpaired) electrons. The first-order valence-electron chi connectivity index (χ1n) is 4.28. The van der Waals surface area contributed by atoms with E-state index >= 15 is 0 Å². The standard InChI is InChI=1S/C8H13N3O2/c1-4-10-7(6(2)3)5-8(9-10)11(12)13/h5-6H,4H2,1-3H3. The van der Waals surface area contributed by atoms with Crippen molar-refractivity contribution >= 4 is 5.82 Å². The Hall–Kier alpha value is -1.39. The maximum atomic E-state index is 10.4. The van der Waals surface area contributed by atoms with Gasteiger partial charge in [-0.25, -0.2) is 0 Å². The van der Waals surface area contributed by atoms with Gasteiger partial charge in [-0.05, 0) is 17.8 Å². The number of hydrogen-bond donors (Lipinski definition) is 0. The molecule has 5 nitrogen and oxygen atoms in total. The number of rotatable bonds is 3. The third kappa shape index (κ3) is 1.85. The summed E-state index contributed by atoms with van der Waals surface area (Å²) in [4.78, 5) is 9.97. The number of aromatic nitrogens is 2. The largest absolute Gasteiger partial charge is 0.390 e. The zero-order valence-electron chi connectivity index (χ0n) is 8.02. The van der Waals surface area contributed by atoms with Crippen LogP contribution in [0.3, 0.4) is 0 Å².